The molecule has 100 valence electrons. The lowest BCUT2D eigenvalue weighted by molar-refractivity contribution is -0.125. The smallest absolute Gasteiger partial charge is 0.220 e. The van der Waals surface area contributed by atoms with E-state index in [0.29, 0.717) is 18.9 Å². The highest BCUT2D eigenvalue weighted by molar-refractivity contribution is 5.77. The molecule has 0 aromatic heterocycles. The van der Waals surface area contributed by atoms with E-state index in [2.05, 4.69) is 12.2 Å². The van der Waals surface area contributed by atoms with E-state index in [1.165, 1.54) is 6.42 Å². The van der Waals surface area contributed by atoms with Crippen LogP contribution < -0.4 is 11.1 Å². The van der Waals surface area contributed by atoms with E-state index in [1.807, 2.05) is 6.92 Å². The molecule has 0 aromatic rings. The van der Waals surface area contributed by atoms with Gasteiger partial charge < -0.3 is 16.2 Å². The van der Waals surface area contributed by atoms with Gasteiger partial charge in [0.15, 0.2) is 0 Å². The van der Waals surface area contributed by atoms with Crippen LogP contribution in [0.3, 0.4) is 0 Å². The summed E-state index contributed by atoms with van der Waals surface area (Å²) in [4.78, 5) is 11.9. The predicted molar refractivity (Wildman–Crippen MR) is 68.4 cm³/mol. The van der Waals surface area contributed by atoms with Crippen molar-refractivity contribution in [3.05, 3.63) is 0 Å². The molecule has 1 fully saturated rings. The standard InChI is InChI=1S/C13H26N2O2/c1-10-4-3-5-13(7-10,9-16)15-12(17)6-11(2)8-14/h10-11,16H,3-9,14H2,1-2H3,(H,15,17). The zero-order valence-electron chi connectivity index (χ0n) is 11.0. The van der Waals surface area contributed by atoms with Crippen LogP contribution in [0.5, 0.6) is 0 Å². The zero-order chi connectivity index (χ0) is 12.9. The summed E-state index contributed by atoms with van der Waals surface area (Å²) in [6.45, 7) is 4.71. The van der Waals surface area contributed by atoms with Gasteiger partial charge in [0.2, 0.25) is 5.91 Å². The van der Waals surface area contributed by atoms with Crippen molar-refractivity contribution < 1.29 is 9.90 Å². The summed E-state index contributed by atoms with van der Waals surface area (Å²) < 4.78 is 0. The minimum atomic E-state index is -0.386. The van der Waals surface area contributed by atoms with Gasteiger partial charge in [-0.25, -0.2) is 0 Å². The van der Waals surface area contributed by atoms with Crippen molar-refractivity contribution in [2.45, 2.75) is 51.5 Å². The fourth-order valence-corrected chi connectivity index (χ4v) is 2.70. The van der Waals surface area contributed by atoms with Gasteiger partial charge >= 0.3 is 0 Å². The Morgan fingerprint density at radius 1 is 1.65 bits per heavy atom. The van der Waals surface area contributed by atoms with Gasteiger partial charge in [0.25, 0.3) is 0 Å². The fourth-order valence-electron chi connectivity index (χ4n) is 2.70. The molecule has 0 aromatic carbocycles. The molecule has 4 nitrogen and oxygen atoms in total. The molecule has 1 aliphatic carbocycles. The molecule has 0 aliphatic heterocycles. The van der Waals surface area contributed by atoms with E-state index < -0.39 is 0 Å². The van der Waals surface area contributed by atoms with Crippen LogP contribution in [0.1, 0.15) is 46.0 Å². The Hall–Kier alpha value is -0.610. The Balaban J connectivity index is 2.53. The third-order valence-electron chi connectivity index (χ3n) is 3.73. The maximum absolute atomic E-state index is 11.9. The first kappa shape index (κ1) is 14.5. The van der Waals surface area contributed by atoms with Crippen LogP contribution in [0.25, 0.3) is 0 Å². The Morgan fingerprint density at radius 3 is 2.88 bits per heavy atom. The van der Waals surface area contributed by atoms with Gasteiger partial charge in [-0.15, -0.1) is 0 Å². The SMILES string of the molecule is CC(CN)CC(=O)NC1(CO)CCCC(C)C1. The topological polar surface area (TPSA) is 75.4 Å². The summed E-state index contributed by atoms with van der Waals surface area (Å²) in [6.07, 6.45) is 4.49. The lowest BCUT2D eigenvalue weighted by Gasteiger charge is -2.39. The molecule has 4 N–H and O–H groups in total. The molecular weight excluding hydrogens is 216 g/mol. The molecule has 0 heterocycles. The zero-order valence-corrected chi connectivity index (χ0v) is 11.0. The van der Waals surface area contributed by atoms with Crippen molar-refractivity contribution in [3.8, 4) is 0 Å². The molecule has 1 rings (SSSR count). The van der Waals surface area contributed by atoms with Gasteiger partial charge in [0.1, 0.15) is 0 Å². The highest BCUT2D eigenvalue weighted by Gasteiger charge is 2.35. The van der Waals surface area contributed by atoms with E-state index >= 15 is 0 Å². The lowest BCUT2D eigenvalue weighted by Crippen LogP contribution is -2.54. The third-order valence-corrected chi connectivity index (χ3v) is 3.73. The molecule has 4 heteroatoms. The number of carbonyl (C=O) groups is 1. The van der Waals surface area contributed by atoms with Crippen LogP contribution >= 0.6 is 0 Å². The Bertz CT molecular complexity index is 258. The number of hydrogen-bond donors (Lipinski definition) is 3. The number of nitrogens with two attached hydrogens (primary N) is 1. The van der Waals surface area contributed by atoms with E-state index in [-0.39, 0.29) is 24.0 Å². The number of amides is 1. The maximum atomic E-state index is 11.9. The summed E-state index contributed by atoms with van der Waals surface area (Å²) in [5.41, 5.74) is 5.13. The first-order valence-electron chi connectivity index (χ1n) is 6.63. The lowest BCUT2D eigenvalue weighted by atomic mass is 9.76. The molecule has 1 saturated carbocycles. The highest BCUT2D eigenvalue weighted by Crippen LogP contribution is 2.32. The van der Waals surface area contributed by atoms with Gasteiger partial charge in [0, 0.05) is 6.42 Å². The average Bonchev–Trinajstić information content (AvgIpc) is 2.28. The van der Waals surface area contributed by atoms with Crippen molar-refractivity contribution in [1.82, 2.24) is 5.32 Å². The molecule has 1 amide bonds. The van der Waals surface area contributed by atoms with Gasteiger partial charge in [-0.2, -0.15) is 0 Å². The largest absolute Gasteiger partial charge is 0.394 e. The first-order valence-corrected chi connectivity index (χ1v) is 6.63. The third kappa shape index (κ3) is 4.28. The van der Waals surface area contributed by atoms with E-state index in [0.717, 1.165) is 19.3 Å². The van der Waals surface area contributed by atoms with E-state index in [4.69, 9.17) is 5.73 Å². The van der Waals surface area contributed by atoms with Crippen LogP contribution in [0, 0.1) is 11.8 Å². The monoisotopic (exact) mass is 242 g/mol. The van der Waals surface area contributed by atoms with Gasteiger partial charge in [-0.05, 0) is 31.2 Å². The summed E-state index contributed by atoms with van der Waals surface area (Å²) in [6, 6.07) is 0. The highest BCUT2D eigenvalue weighted by atomic mass is 16.3. The van der Waals surface area contributed by atoms with Crippen molar-refractivity contribution in [1.29, 1.82) is 0 Å². The minimum Gasteiger partial charge on any atom is -0.394 e. The van der Waals surface area contributed by atoms with E-state index in [9.17, 15) is 9.90 Å². The number of hydrogen-bond acceptors (Lipinski definition) is 3. The maximum Gasteiger partial charge on any atom is 0.220 e. The molecule has 17 heavy (non-hydrogen) atoms. The predicted octanol–water partition coefficient (Wildman–Crippen LogP) is 1.03. The molecule has 3 atom stereocenters. The van der Waals surface area contributed by atoms with Crippen LogP contribution in [0.2, 0.25) is 0 Å². The van der Waals surface area contributed by atoms with Crippen LogP contribution in [0.4, 0.5) is 0 Å². The molecular formula is C13H26N2O2. The second-order valence-electron chi connectivity index (χ2n) is 5.73. The molecule has 0 bridgehead atoms. The van der Waals surface area contributed by atoms with E-state index in [1.54, 1.807) is 0 Å². The quantitative estimate of drug-likeness (QED) is 0.674. The normalized spacial score (nSPS) is 30.9. The molecule has 1 aliphatic rings. The van der Waals surface area contributed by atoms with Crippen LogP contribution in [0.15, 0.2) is 0 Å². The van der Waals surface area contributed by atoms with Gasteiger partial charge in [0.05, 0.1) is 12.1 Å². The summed E-state index contributed by atoms with van der Waals surface area (Å²) in [7, 11) is 0. The number of rotatable bonds is 5. The van der Waals surface area contributed by atoms with Crippen molar-refractivity contribution in [3.63, 3.8) is 0 Å². The van der Waals surface area contributed by atoms with Crippen molar-refractivity contribution >= 4 is 5.91 Å². The first-order chi connectivity index (χ1) is 8.01. The van der Waals surface area contributed by atoms with Gasteiger partial charge in [-0.3, -0.25) is 4.79 Å². The molecule has 0 radical (unpaired) electrons. The molecule has 3 unspecified atom stereocenters. The van der Waals surface area contributed by atoms with Crippen LogP contribution in [-0.4, -0.2) is 29.7 Å². The Kier molecular flexibility index (Phi) is 5.40. The Labute approximate surface area is 104 Å². The second kappa shape index (κ2) is 6.36. The number of nitrogens with one attached hydrogen (secondary N) is 1. The van der Waals surface area contributed by atoms with Crippen molar-refractivity contribution in [2.75, 3.05) is 13.2 Å². The average molecular weight is 242 g/mol. The summed E-state index contributed by atoms with van der Waals surface area (Å²) >= 11 is 0. The van der Waals surface area contributed by atoms with Gasteiger partial charge in [-0.1, -0.05) is 26.7 Å². The number of aliphatic hydroxyl groups is 1. The minimum absolute atomic E-state index is 0.0195. The molecule has 0 saturated heterocycles. The second-order valence-corrected chi connectivity index (χ2v) is 5.73. The van der Waals surface area contributed by atoms with Crippen molar-refractivity contribution in [2.24, 2.45) is 17.6 Å². The fraction of sp³-hybridized carbons (Fsp3) is 0.923. The summed E-state index contributed by atoms with van der Waals surface area (Å²) in [5, 5.41) is 12.6. The Morgan fingerprint density at radius 2 is 2.35 bits per heavy atom. The number of carbonyl (C=O) groups excluding carboxylic acids is 1. The summed E-state index contributed by atoms with van der Waals surface area (Å²) in [5.74, 6) is 0.793. The molecule has 0 spiro atoms. The van der Waals surface area contributed by atoms with Crippen LogP contribution in [-0.2, 0) is 4.79 Å². The number of aliphatic hydroxyl groups excluding tert-OH is 1.